The third-order valence-corrected chi connectivity index (χ3v) is 4.54. The predicted octanol–water partition coefficient (Wildman–Crippen LogP) is 6.16. The van der Waals surface area contributed by atoms with Crippen LogP contribution in [0.4, 0.5) is 0 Å². The van der Waals surface area contributed by atoms with Crippen molar-refractivity contribution in [1.29, 1.82) is 0 Å². The molecule has 0 aliphatic carbocycles. The van der Waals surface area contributed by atoms with Gasteiger partial charge in [0.1, 0.15) is 6.10 Å². The molecular weight excluding hydrogens is 336 g/mol. The summed E-state index contributed by atoms with van der Waals surface area (Å²) >= 11 is 0. The summed E-state index contributed by atoms with van der Waals surface area (Å²) < 4.78 is 10.6. The van der Waals surface area contributed by atoms with E-state index in [1.54, 1.807) is 7.11 Å². The maximum Gasteiger partial charge on any atom is 0.103 e. The molecule has 0 radical (unpaired) electrons. The number of hydrogen-bond acceptors (Lipinski definition) is 3. The van der Waals surface area contributed by atoms with Crippen LogP contribution < -0.4 is 0 Å². The van der Waals surface area contributed by atoms with Gasteiger partial charge in [-0.3, -0.25) is 0 Å². The lowest BCUT2D eigenvalue weighted by atomic mass is 10.0. The molecule has 3 heteroatoms. The van der Waals surface area contributed by atoms with Crippen molar-refractivity contribution in [2.24, 2.45) is 0 Å². The number of aliphatic hydroxyl groups excluding tert-OH is 1. The van der Waals surface area contributed by atoms with Crippen molar-refractivity contribution in [3.05, 3.63) is 46.6 Å². The summed E-state index contributed by atoms with van der Waals surface area (Å²) in [6, 6.07) is 0. The highest BCUT2D eigenvalue weighted by molar-refractivity contribution is 5.07. The molecule has 0 aromatic heterocycles. The molecule has 0 fully saturated rings. The van der Waals surface area contributed by atoms with Gasteiger partial charge in [0.2, 0.25) is 0 Å². The lowest BCUT2D eigenvalue weighted by Crippen LogP contribution is -2.22. The molecule has 0 rings (SSSR count). The van der Waals surface area contributed by atoms with E-state index in [0.29, 0.717) is 13.2 Å². The van der Waals surface area contributed by atoms with Crippen molar-refractivity contribution in [1.82, 2.24) is 0 Å². The Labute approximate surface area is 167 Å². The average molecular weight is 379 g/mol. The van der Waals surface area contributed by atoms with Crippen molar-refractivity contribution < 1.29 is 14.6 Å². The van der Waals surface area contributed by atoms with Gasteiger partial charge < -0.3 is 14.6 Å². The van der Waals surface area contributed by atoms with Crippen LogP contribution in [0, 0.1) is 0 Å². The highest BCUT2D eigenvalue weighted by Crippen LogP contribution is 2.13. The van der Waals surface area contributed by atoms with Crippen LogP contribution in [-0.4, -0.2) is 38.1 Å². The zero-order valence-electron chi connectivity index (χ0n) is 18.5. The summed E-state index contributed by atoms with van der Waals surface area (Å²) in [5.41, 5.74) is 5.71. The van der Waals surface area contributed by atoms with Gasteiger partial charge in [-0.1, -0.05) is 46.6 Å². The minimum atomic E-state index is -0.228. The Bertz CT molecular complexity index is 490. The molecule has 0 spiro atoms. The number of allylic oxidation sites excluding steroid dienone is 7. The van der Waals surface area contributed by atoms with E-state index in [2.05, 4.69) is 58.9 Å². The van der Waals surface area contributed by atoms with Crippen molar-refractivity contribution in [3.8, 4) is 0 Å². The Hall–Kier alpha value is -1.16. The second kappa shape index (κ2) is 17.0. The van der Waals surface area contributed by atoms with Gasteiger partial charge in [-0.15, -0.1) is 0 Å². The third-order valence-electron chi connectivity index (χ3n) is 4.54. The number of ether oxygens (including phenoxy) is 2. The van der Waals surface area contributed by atoms with Crippen molar-refractivity contribution in [3.63, 3.8) is 0 Å². The summed E-state index contributed by atoms with van der Waals surface area (Å²) in [4.78, 5) is 0. The predicted molar refractivity (Wildman–Crippen MR) is 117 cm³/mol. The monoisotopic (exact) mass is 378 g/mol. The van der Waals surface area contributed by atoms with E-state index in [4.69, 9.17) is 14.6 Å². The lowest BCUT2D eigenvalue weighted by Gasteiger charge is -2.11. The molecule has 0 amide bonds. The number of rotatable bonds is 15. The lowest BCUT2D eigenvalue weighted by molar-refractivity contribution is -0.0134. The fourth-order valence-corrected chi connectivity index (χ4v) is 2.58. The van der Waals surface area contributed by atoms with Crippen molar-refractivity contribution in [2.45, 2.75) is 79.2 Å². The van der Waals surface area contributed by atoms with Gasteiger partial charge in [-0.25, -0.2) is 0 Å². The van der Waals surface area contributed by atoms with Gasteiger partial charge in [0.15, 0.2) is 0 Å². The summed E-state index contributed by atoms with van der Waals surface area (Å²) in [6.07, 6.45) is 15.7. The normalized spacial score (nSPS) is 14.4. The van der Waals surface area contributed by atoms with E-state index in [0.717, 1.165) is 32.1 Å². The smallest absolute Gasteiger partial charge is 0.103 e. The molecule has 0 heterocycles. The first kappa shape index (κ1) is 25.8. The average Bonchev–Trinajstić information content (AvgIpc) is 2.61. The molecule has 0 aromatic carbocycles. The van der Waals surface area contributed by atoms with Crippen LogP contribution in [-0.2, 0) is 9.47 Å². The molecule has 27 heavy (non-hydrogen) atoms. The Morgan fingerprint density at radius 2 is 1.26 bits per heavy atom. The highest BCUT2D eigenvalue weighted by atomic mass is 16.5. The minimum absolute atomic E-state index is 0.00651. The zero-order chi connectivity index (χ0) is 20.5. The standard InChI is InChI=1S/C24H42O3/c1-20(2)10-7-11-21(3)12-8-13-22(4)14-9-15-23(5)16-17-27-19-24(18-25)26-6/h10,12,14,16,24-25H,7-9,11,13,15,17-19H2,1-6H3/b21-12+,22-14+,23-16+. The molecule has 1 unspecified atom stereocenters. The molecule has 0 saturated carbocycles. The Morgan fingerprint density at radius 3 is 1.70 bits per heavy atom. The number of methoxy groups -OCH3 is 1. The maximum atomic E-state index is 9.02. The summed E-state index contributed by atoms with van der Waals surface area (Å²) in [5, 5.41) is 9.02. The third kappa shape index (κ3) is 16.7. The second-order valence-corrected chi connectivity index (χ2v) is 7.63. The molecular formula is C24H42O3. The minimum Gasteiger partial charge on any atom is -0.394 e. The van der Waals surface area contributed by atoms with Crippen molar-refractivity contribution >= 4 is 0 Å². The van der Waals surface area contributed by atoms with E-state index in [1.165, 1.54) is 28.7 Å². The summed E-state index contributed by atoms with van der Waals surface area (Å²) in [5.74, 6) is 0. The van der Waals surface area contributed by atoms with Gasteiger partial charge in [0.25, 0.3) is 0 Å². The highest BCUT2D eigenvalue weighted by Gasteiger charge is 2.03. The van der Waals surface area contributed by atoms with E-state index in [-0.39, 0.29) is 12.7 Å². The van der Waals surface area contributed by atoms with Gasteiger partial charge in [-0.05, 0) is 73.1 Å². The molecule has 0 aliphatic rings. The molecule has 3 nitrogen and oxygen atoms in total. The van der Waals surface area contributed by atoms with Gasteiger partial charge in [0.05, 0.1) is 19.8 Å². The van der Waals surface area contributed by atoms with Crippen LogP contribution >= 0.6 is 0 Å². The molecule has 156 valence electrons. The molecule has 1 atom stereocenters. The van der Waals surface area contributed by atoms with Crippen LogP contribution in [0.15, 0.2) is 46.6 Å². The largest absolute Gasteiger partial charge is 0.394 e. The fraction of sp³-hybridized carbons (Fsp3) is 0.667. The molecule has 0 aromatic rings. The van der Waals surface area contributed by atoms with Gasteiger partial charge in [0, 0.05) is 7.11 Å². The van der Waals surface area contributed by atoms with E-state index < -0.39 is 0 Å². The molecule has 0 saturated heterocycles. The van der Waals surface area contributed by atoms with E-state index in [1.807, 2.05) is 0 Å². The first-order valence-corrected chi connectivity index (χ1v) is 10.2. The maximum absolute atomic E-state index is 9.02. The van der Waals surface area contributed by atoms with Crippen molar-refractivity contribution in [2.75, 3.05) is 26.9 Å². The molecule has 0 bridgehead atoms. The Morgan fingerprint density at radius 1 is 0.778 bits per heavy atom. The summed E-state index contributed by atoms with van der Waals surface area (Å²) in [7, 11) is 1.59. The quantitative estimate of drug-likeness (QED) is 0.274. The SMILES string of the molecule is COC(CO)COC/C=C(\C)CC/C=C(\C)CC/C=C(\C)CCC=C(C)C. The Balaban J connectivity index is 3.97. The van der Waals surface area contributed by atoms with Crippen LogP contribution in [0.1, 0.15) is 73.1 Å². The first-order valence-electron chi connectivity index (χ1n) is 10.2. The van der Waals surface area contributed by atoms with E-state index >= 15 is 0 Å². The number of hydrogen-bond donors (Lipinski definition) is 1. The van der Waals surface area contributed by atoms with E-state index in [9.17, 15) is 0 Å². The Kier molecular flexibility index (Phi) is 16.2. The van der Waals surface area contributed by atoms with Crippen LogP contribution in [0.2, 0.25) is 0 Å². The molecule has 1 N–H and O–H groups in total. The second-order valence-electron chi connectivity index (χ2n) is 7.63. The van der Waals surface area contributed by atoms with Crippen LogP contribution in [0.5, 0.6) is 0 Å². The van der Waals surface area contributed by atoms with Gasteiger partial charge >= 0.3 is 0 Å². The van der Waals surface area contributed by atoms with Crippen LogP contribution in [0.3, 0.4) is 0 Å². The summed E-state index contributed by atoms with van der Waals surface area (Å²) in [6.45, 7) is 11.9. The first-order chi connectivity index (χ1) is 12.9. The van der Waals surface area contributed by atoms with Gasteiger partial charge in [-0.2, -0.15) is 0 Å². The number of aliphatic hydroxyl groups is 1. The zero-order valence-corrected chi connectivity index (χ0v) is 18.5. The van der Waals surface area contributed by atoms with Crippen LogP contribution in [0.25, 0.3) is 0 Å². The topological polar surface area (TPSA) is 38.7 Å². The fourth-order valence-electron chi connectivity index (χ4n) is 2.58. The molecule has 0 aliphatic heterocycles.